The summed E-state index contributed by atoms with van der Waals surface area (Å²) >= 11 is 0. The third-order valence-electron chi connectivity index (χ3n) is 4.15. The summed E-state index contributed by atoms with van der Waals surface area (Å²) in [5.41, 5.74) is 6.61. The second-order valence-electron chi connectivity index (χ2n) is 5.67. The average molecular weight is 292 g/mol. The van der Waals surface area contributed by atoms with Crippen LogP contribution in [0, 0.1) is 0 Å². The number of carboxylic acid groups (broad SMARTS) is 1. The number of nitrogen functional groups attached to an aromatic ring is 1. The molecule has 4 N–H and O–H groups in total. The van der Waals surface area contributed by atoms with Crippen LogP contribution in [0.5, 0.6) is 0 Å². The minimum absolute atomic E-state index is 0.223. The molecule has 2 atom stereocenters. The van der Waals surface area contributed by atoms with Gasteiger partial charge in [0, 0.05) is 26.1 Å². The number of aliphatic hydroxyl groups excluding tert-OH is 1. The number of hydrogen-bond donors (Lipinski definition) is 3. The van der Waals surface area contributed by atoms with Crippen molar-refractivity contribution in [3.8, 4) is 0 Å². The van der Waals surface area contributed by atoms with Gasteiger partial charge in [-0.2, -0.15) is 0 Å². The molecule has 0 saturated carbocycles. The van der Waals surface area contributed by atoms with Crippen molar-refractivity contribution < 1.29 is 15.0 Å². The molecule has 2 aliphatic rings. The van der Waals surface area contributed by atoms with Gasteiger partial charge >= 0.3 is 5.97 Å². The van der Waals surface area contributed by atoms with Crippen molar-refractivity contribution in [3.05, 3.63) is 12.1 Å². The zero-order chi connectivity index (χ0) is 15.0. The second kappa shape index (κ2) is 5.40. The molecule has 1 aromatic heterocycles. The van der Waals surface area contributed by atoms with E-state index in [0.29, 0.717) is 11.5 Å². The fourth-order valence-corrected chi connectivity index (χ4v) is 3.09. The number of carbonyl (C=O) groups is 1. The largest absolute Gasteiger partial charge is 0.480 e. The molecule has 0 bridgehead atoms. The van der Waals surface area contributed by atoms with Crippen molar-refractivity contribution in [2.75, 3.05) is 35.2 Å². The van der Waals surface area contributed by atoms with Crippen molar-refractivity contribution in [2.24, 2.45) is 0 Å². The molecule has 2 saturated heterocycles. The molecule has 1 aromatic rings. The highest BCUT2D eigenvalue weighted by molar-refractivity contribution is 5.79. The number of nitrogens with zero attached hydrogens (tertiary/aromatic N) is 3. The quantitative estimate of drug-likeness (QED) is 0.735. The van der Waals surface area contributed by atoms with Crippen molar-refractivity contribution in [2.45, 2.75) is 31.4 Å². The number of pyridine rings is 1. The van der Waals surface area contributed by atoms with Crippen molar-refractivity contribution in [3.63, 3.8) is 0 Å². The Hall–Kier alpha value is -2.02. The normalized spacial score (nSPS) is 25.6. The molecule has 3 rings (SSSR count). The van der Waals surface area contributed by atoms with Gasteiger partial charge in [-0.05, 0) is 25.0 Å². The van der Waals surface area contributed by atoms with E-state index in [2.05, 4.69) is 9.88 Å². The highest BCUT2D eigenvalue weighted by Crippen LogP contribution is 2.30. The Balaban J connectivity index is 1.91. The maximum atomic E-state index is 11.3. The van der Waals surface area contributed by atoms with E-state index in [1.54, 1.807) is 17.0 Å². The first-order valence-electron chi connectivity index (χ1n) is 7.25. The summed E-state index contributed by atoms with van der Waals surface area (Å²) in [4.78, 5) is 19.7. The number of aromatic nitrogens is 1. The van der Waals surface area contributed by atoms with Crippen molar-refractivity contribution >= 4 is 23.3 Å². The van der Waals surface area contributed by atoms with Crippen LogP contribution in [-0.2, 0) is 4.79 Å². The summed E-state index contributed by atoms with van der Waals surface area (Å²) in [6, 6.07) is 2.75. The zero-order valence-corrected chi connectivity index (χ0v) is 11.8. The standard InChI is InChI=1S/C14H20N4O3/c15-10-3-4-12(16-13(10)17-5-1-2-6-17)18-8-9(19)7-11(18)14(20)21/h3-4,9,11,19H,1-2,5-8,15H2,(H,20,21). The molecule has 3 heterocycles. The van der Waals surface area contributed by atoms with Gasteiger partial charge in [-0.15, -0.1) is 0 Å². The number of β-amino-alcohol motifs (C(OH)–C–C–N with tert-alkyl or cyclic N) is 1. The van der Waals surface area contributed by atoms with E-state index >= 15 is 0 Å². The first-order chi connectivity index (χ1) is 10.1. The molecule has 0 aromatic carbocycles. The third kappa shape index (κ3) is 2.61. The van der Waals surface area contributed by atoms with Gasteiger partial charge in [0.2, 0.25) is 0 Å². The van der Waals surface area contributed by atoms with Gasteiger partial charge in [0.15, 0.2) is 5.82 Å². The van der Waals surface area contributed by atoms with Crippen LogP contribution >= 0.6 is 0 Å². The summed E-state index contributed by atoms with van der Waals surface area (Å²) in [6.07, 6.45) is 1.82. The molecule has 21 heavy (non-hydrogen) atoms. The zero-order valence-electron chi connectivity index (χ0n) is 11.8. The first kappa shape index (κ1) is 13.9. The summed E-state index contributed by atoms with van der Waals surface area (Å²) in [6.45, 7) is 2.13. The molecule has 0 amide bonds. The topological polar surface area (TPSA) is 103 Å². The molecule has 2 aliphatic heterocycles. The lowest BCUT2D eigenvalue weighted by molar-refractivity contribution is -0.138. The van der Waals surface area contributed by atoms with E-state index in [0.717, 1.165) is 31.7 Å². The van der Waals surface area contributed by atoms with Crippen LogP contribution in [0.25, 0.3) is 0 Å². The van der Waals surface area contributed by atoms with Crippen LogP contribution < -0.4 is 15.5 Å². The molecule has 0 radical (unpaired) electrons. The average Bonchev–Trinajstić information content (AvgIpc) is 3.08. The van der Waals surface area contributed by atoms with Crippen LogP contribution in [0.15, 0.2) is 12.1 Å². The number of rotatable bonds is 3. The molecule has 7 nitrogen and oxygen atoms in total. The van der Waals surface area contributed by atoms with Crippen molar-refractivity contribution in [1.82, 2.24) is 4.98 Å². The van der Waals surface area contributed by atoms with Gasteiger partial charge in [0.25, 0.3) is 0 Å². The molecular weight excluding hydrogens is 272 g/mol. The molecule has 0 spiro atoms. The predicted octanol–water partition coefficient (Wildman–Crippen LogP) is 0.288. The first-order valence-corrected chi connectivity index (χ1v) is 7.25. The Kier molecular flexibility index (Phi) is 3.59. The summed E-state index contributed by atoms with van der Waals surface area (Å²) in [5, 5.41) is 19.0. The maximum absolute atomic E-state index is 11.3. The number of hydrogen-bond acceptors (Lipinski definition) is 6. The molecule has 2 fully saturated rings. The van der Waals surface area contributed by atoms with Crippen LogP contribution in [-0.4, -0.2) is 52.9 Å². The molecule has 2 unspecified atom stereocenters. The third-order valence-corrected chi connectivity index (χ3v) is 4.15. The molecular formula is C14H20N4O3. The number of aliphatic carboxylic acids is 1. The van der Waals surface area contributed by atoms with E-state index in [9.17, 15) is 15.0 Å². The monoisotopic (exact) mass is 292 g/mol. The van der Waals surface area contributed by atoms with Crippen LogP contribution in [0.2, 0.25) is 0 Å². The molecule has 7 heteroatoms. The minimum atomic E-state index is -0.937. The van der Waals surface area contributed by atoms with Gasteiger partial charge in [0.1, 0.15) is 11.9 Å². The summed E-state index contributed by atoms with van der Waals surface area (Å²) in [5.74, 6) is 0.346. The van der Waals surface area contributed by atoms with Gasteiger partial charge in [0.05, 0.1) is 11.8 Å². The van der Waals surface area contributed by atoms with Crippen LogP contribution in [0.1, 0.15) is 19.3 Å². The Morgan fingerprint density at radius 3 is 2.71 bits per heavy atom. The number of carboxylic acids is 1. The highest BCUT2D eigenvalue weighted by Gasteiger charge is 2.37. The lowest BCUT2D eigenvalue weighted by Gasteiger charge is -2.25. The van der Waals surface area contributed by atoms with Gasteiger partial charge in [-0.25, -0.2) is 9.78 Å². The number of anilines is 3. The fraction of sp³-hybridized carbons (Fsp3) is 0.571. The number of nitrogens with two attached hydrogens (primary N) is 1. The van der Waals surface area contributed by atoms with Crippen molar-refractivity contribution in [1.29, 1.82) is 0 Å². The van der Waals surface area contributed by atoms with Crippen LogP contribution in [0.3, 0.4) is 0 Å². The summed E-state index contributed by atoms with van der Waals surface area (Å²) in [7, 11) is 0. The lowest BCUT2D eigenvalue weighted by Crippen LogP contribution is -2.36. The lowest BCUT2D eigenvalue weighted by atomic mass is 10.2. The minimum Gasteiger partial charge on any atom is -0.480 e. The fourth-order valence-electron chi connectivity index (χ4n) is 3.09. The molecule has 0 aliphatic carbocycles. The van der Waals surface area contributed by atoms with Crippen LogP contribution in [0.4, 0.5) is 17.3 Å². The number of aliphatic hydroxyl groups is 1. The molecule has 114 valence electrons. The van der Waals surface area contributed by atoms with Gasteiger partial charge in [-0.1, -0.05) is 0 Å². The van der Waals surface area contributed by atoms with Gasteiger partial charge < -0.3 is 25.7 Å². The Morgan fingerprint density at radius 1 is 1.33 bits per heavy atom. The second-order valence-corrected chi connectivity index (χ2v) is 5.67. The van der Waals surface area contributed by atoms with E-state index in [1.807, 2.05) is 0 Å². The van der Waals surface area contributed by atoms with E-state index < -0.39 is 18.1 Å². The smallest absolute Gasteiger partial charge is 0.326 e. The Morgan fingerprint density at radius 2 is 2.05 bits per heavy atom. The SMILES string of the molecule is Nc1ccc(N2CC(O)CC2C(=O)O)nc1N1CCCC1. The highest BCUT2D eigenvalue weighted by atomic mass is 16.4. The van der Waals surface area contributed by atoms with Gasteiger partial charge in [-0.3, -0.25) is 0 Å². The summed E-state index contributed by atoms with van der Waals surface area (Å²) < 4.78 is 0. The predicted molar refractivity (Wildman–Crippen MR) is 79.5 cm³/mol. The Bertz CT molecular complexity index is 545. The van der Waals surface area contributed by atoms with E-state index in [1.165, 1.54) is 0 Å². The maximum Gasteiger partial charge on any atom is 0.326 e. The Labute approximate surface area is 123 Å². The van der Waals surface area contributed by atoms with E-state index in [-0.39, 0.29) is 13.0 Å². The van der Waals surface area contributed by atoms with E-state index in [4.69, 9.17) is 5.73 Å².